The summed E-state index contributed by atoms with van der Waals surface area (Å²) in [6.07, 6.45) is 1.63. The van der Waals surface area contributed by atoms with Gasteiger partial charge in [-0.2, -0.15) is 5.10 Å². The molecule has 2 aromatic rings. The Morgan fingerprint density at radius 1 is 1.50 bits per heavy atom. The molecule has 0 bridgehead atoms. The quantitative estimate of drug-likeness (QED) is 0.598. The number of rotatable bonds is 0. The maximum atomic E-state index is 12.8. The van der Waals surface area contributed by atoms with Crippen molar-refractivity contribution in [2.45, 2.75) is 0 Å². The maximum absolute atomic E-state index is 12.8. The lowest BCUT2D eigenvalue weighted by Gasteiger charge is -1.97. The van der Waals surface area contributed by atoms with Crippen LogP contribution in [0, 0.1) is 5.82 Å². The second kappa shape index (κ2) is 2.20. The third-order valence-electron chi connectivity index (χ3n) is 1.86. The minimum atomic E-state index is -0.330. The van der Waals surface area contributed by atoms with E-state index in [0.29, 0.717) is 11.2 Å². The molecule has 62 valence electrons. The summed E-state index contributed by atoms with van der Waals surface area (Å²) in [5.41, 5.74) is 6.72. The van der Waals surface area contributed by atoms with Crippen LogP contribution in [0.1, 0.15) is 0 Å². The minimum Gasteiger partial charge on any atom is -0.398 e. The fourth-order valence-corrected chi connectivity index (χ4v) is 1.24. The summed E-state index contributed by atoms with van der Waals surface area (Å²) in [5.74, 6) is -0.330. The van der Waals surface area contributed by atoms with E-state index in [1.165, 1.54) is 12.1 Å². The van der Waals surface area contributed by atoms with E-state index in [9.17, 15) is 4.39 Å². The van der Waals surface area contributed by atoms with Crippen molar-refractivity contribution in [2.24, 2.45) is 7.05 Å². The molecule has 1 aromatic carbocycles. The van der Waals surface area contributed by atoms with Gasteiger partial charge >= 0.3 is 0 Å². The number of nitrogens with zero attached hydrogens (tertiary/aromatic N) is 2. The third kappa shape index (κ3) is 0.845. The number of aromatic nitrogens is 2. The zero-order valence-electron chi connectivity index (χ0n) is 6.58. The van der Waals surface area contributed by atoms with Crippen LogP contribution in [0.25, 0.3) is 10.9 Å². The van der Waals surface area contributed by atoms with Gasteiger partial charge < -0.3 is 5.73 Å². The van der Waals surface area contributed by atoms with Gasteiger partial charge in [-0.15, -0.1) is 0 Å². The van der Waals surface area contributed by atoms with Crippen molar-refractivity contribution in [1.82, 2.24) is 9.78 Å². The van der Waals surface area contributed by atoms with Crippen LogP contribution in [-0.4, -0.2) is 9.78 Å². The van der Waals surface area contributed by atoms with Gasteiger partial charge in [0.2, 0.25) is 0 Å². The van der Waals surface area contributed by atoms with E-state index >= 15 is 0 Å². The Hall–Kier alpha value is -1.58. The van der Waals surface area contributed by atoms with Crippen molar-refractivity contribution >= 4 is 16.6 Å². The largest absolute Gasteiger partial charge is 0.398 e. The van der Waals surface area contributed by atoms with Crippen LogP contribution in [0.3, 0.4) is 0 Å². The standard InChI is InChI=1S/C8H8FN3/c1-12-8-3-5(9)2-7(10)6(8)4-11-12/h2-4H,10H2,1H3. The van der Waals surface area contributed by atoms with Gasteiger partial charge in [0.15, 0.2) is 0 Å². The number of hydrogen-bond donors (Lipinski definition) is 1. The number of anilines is 1. The van der Waals surface area contributed by atoms with Gasteiger partial charge in [0.05, 0.1) is 11.7 Å². The van der Waals surface area contributed by atoms with Crippen LogP contribution in [0.2, 0.25) is 0 Å². The summed E-state index contributed by atoms with van der Waals surface area (Å²) >= 11 is 0. The molecule has 0 unspecified atom stereocenters. The van der Waals surface area contributed by atoms with Gasteiger partial charge in [0.1, 0.15) is 5.82 Å². The smallest absolute Gasteiger partial charge is 0.127 e. The highest BCUT2D eigenvalue weighted by Gasteiger charge is 2.04. The molecule has 0 saturated carbocycles. The molecule has 2 N–H and O–H groups in total. The Morgan fingerprint density at radius 3 is 3.00 bits per heavy atom. The van der Waals surface area contributed by atoms with Crippen molar-refractivity contribution < 1.29 is 4.39 Å². The van der Waals surface area contributed by atoms with Gasteiger partial charge in [-0.1, -0.05) is 0 Å². The van der Waals surface area contributed by atoms with Crippen LogP contribution in [-0.2, 0) is 7.05 Å². The Morgan fingerprint density at radius 2 is 2.25 bits per heavy atom. The highest BCUT2D eigenvalue weighted by Crippen LogP contribution is 2.21. The predicted octanol–water partition coefficient (Wildman–Crippen LogP) is 1.29. The molecule has 0 fully saturated rings. The summed E-state index contributed by atoms with van der Waals surface area (Å²) in [4.78, 5) is 0. The zero-order valence-corrected chi connectivity index (χ0v) is 6.58. The number of benzene rings is 1. The monoisotopic (exact) mass is 165 g/mol. The van der Waals surface area contributed by atoms with Crippen LogP contribution in [0.15, 0.2) is 18.3 Å². The van der Waals surface area contributed by atoms with E-state index in [-0.39, 0.29) is 5.82 Å². The van der Waals surface area contributed by atoms with Crippen molar-refractivity contribution in [3.63, 3.8) is 0 Å². The molecule has 3 nitrogen and oxygen atoms in total. The number of hydrogen-bond acceptors (Lipinski definition) is 2. The second-order valence-electron chi connectivity index (χ2n) is 2.70. The molecule has 0 atom stereocenters. The molecule has 0 aliphatic heterocycles. The predicted molar refractivity (Wildman–Crippen MR) is 45.1 cm³/mol. The Bertz CT molecular complexity index is 433. The number of aryl methyl sites for hydroxylation is 1. The number of halogens is 1. The van der Waals surface area contributed by atoms with Gasteiger partial charge in [-0.25, -0.2) is 4.39 Å². The summed E-state index contributed by atoms with van der Waals surface area (Å²) in [7, 11) is 1.75. The van der Waals surface area contributed by atoms with Crippen molar-refractivity contribution in [1.29, 1.82) is 0 Å². The molecule has 0 amide bonds. The first-order chi connectivity index (χ1) is 5.68. The SMILES string of the molecule is Cn1ncc2c(N)cc(F)cc21. The fourth-order valence-electron chi connectivity index (χ4n) is 1.24. The lowest BCUT2D eigenvalue weighted by molar-refractivity contribution is 0.628. The molecular formula is C8H8FN3. The molecule has 0 saturated heterocycles. The molecule has 4 heteroatoms. The van der Waals surface area contributed by atoms with Crippen LogP contribution < -0.4 is 5.73 Å². The van der Waals surface area contributed by atoms with Crippen molar-refractivity contribution in [3.8, 4) is 0 Å². The zero-order chi connectivity index (χ0) is 8.72. The van der Waals surface area contributed by atoms with Crippen LogP contribution >= 0.6 is 0 Å². The lowest BCUT2D eigenvalue weighted by atomic mass is 10.2. The highest BCUT2D eigenvalue weighted by atomic mass is 19.1. The number of nitrogens with two attached hydrogens (primary N) is 1. The maximum Gasteiger partial charge on any atom is 0.127 e. The summed E-state index contributed by atoms with van der Waals surface area (Å²) in [6.45, 7) is 0. The van der Waals surface area contributed by atoms with Gasteiger partial charge in [-0.3, -0.25) is 4.68 Å². The van der Waals surface area contributed by atoms with Crippen molar-refractivity contribution in [2.75, 3.05) is 5.73 Å². The second-order valence-corrected chi connectivity index (χ2v) is 2.70. The Balaban J connectivity index is 2.92. The molecule has 2 rings (SSSR count). The first-order valence-corrected chi connectivity index (χ1v) is 3.55. The van der Waals surface area contributed by atoms with Crippen molar-refractivity contribution in [3.05, 3.63) is 24.1 Å². The Labute approximate surface area is 68.6 Å². The van der Waals surface area contributed by atoms with Crippen LogP contribution in [0.5, 0.6) is 0 Å². The van der Waals surface area contributed by atoms with Crippen LogP contribution in [0.4, 0.5) is 10.1 Å². The van der Waals surface area contributed by atoms with E-state index in [0.717, 1.165) is 5.39 Å². The minimum absolute atomic E-state index is 0.330. The van der Waals surface area contributed by atoms with E-state index < -0.39 is 0 Å². The number of fused-ring (bicyclic) bond motifs is 1. The normalized spacial score (nSPS) is 10.8. The van der Waals surface area contributed by atoms with E-state index in [1.807, 2.05) is 0 Å². The molecule has 12 heavy (non-hydrogen) atoms. The van der Waals surface area contributed by atoms with E-state index in [1.54, 1.807) is 17.9 Å². The first-order valence-electron chi connectivity index (χ1n) is 3.55. The molecule has 1 aromatic heterocycles. The Kier molecular flexibility index (Phi) is 1.30. The fraction of sp³-hybridized carbons (Fsp3) is 0.125. The average Bonchev–Trinajstić information content (AvgIpc) is 2.33. The average molecular weight is 165 g/mol. The lowest BCUT2D eigenvalue weighted by Crippen LogP contribution is -1.91. The molecule has 0 aliphatic carbocycles. The summed E-state index contributed by atoms with van der Waals surface area (Å²) in [5, 5.41) is 4.76. The number of nitrogen functional groups attached to an aromatic ring is 1. The molecule has 1 heterocycles. The van der Waals surface area contributed by atoms with Gasteiger partial charge in [0.25, 0.3) is 0 Å². The first kappa shape index (κ1) is 7.09. The highest BCUT2D eigenvalue weighted by molar-refractivity contribution is 5.90. The topological polar surface area (TPSA) is 43.8 Å². The molecular weight excluding hydrogens is 157 g/mol. The summed E-state index contributed by atoms with van der Waals surface area (Å²) in [6, 6.07) is 2.71. The van der Waals surface area contributed by atoms with Gasteiger partial charge in [-0.05, 0) is 12.1 Å². The summed E-state index contributed by atoms with van der Waals surface area (Å²) < 4.78 is 14.4. The molecule has 0 spiro atoms. The molecule has 0 aliphatic rings. The third-order valence-corrected chi connectivity index (χ3v) is 1.86. The van der Waals surface area contributed by atoms with E-state index in [2.05, 4.69) is 5.10 Å². The molecule has 0 radical (unpaired) electrons. The van der Waals surface area contributed by atoms with E-state index in [4.69, 9.17) is 5.73 Å². The van der Waals surface area contributed by atoms with Gasteiger partial charge in [0, 0.05) is 18.1 Å².